The third-order valence-corrected chi connectivity index (χ3v) is 2.30. The average Bonchev–Trinajstić information content (AvgIpc) is 2.74. The number of rotatable bonds is 3. The minimum atomic E-state index is 0.245. The molecule has 1 unspecified atom stereocenters. The first kappa shape index (κ1) is 8.94. The molecule has 3 heteroatoms. The van der Waals surface area contributed by atoms with Crippen LogP contribution >= 0.6 is 0 Å². The highest BCUT2D eigenvalue weighted by molar-refractivity contribution is 5.24. The molecule has 1 heterocycles. The lowest BCUT2D eigenvalue weighted by molar-refractivity contribution is 0.406. The summed E-state index contributed by atoms with van der Waals surface area (Å²) in [7, 11) is 0. The third-order valence-electron chi connectivity index (χ3n) is 2.30. The largest absolute Gasteiger partial charge is 0.343 e. The van der Waals surface area contributed by atoms with Crippen LogP contribution in [0.3, 0.4) is 0 Å². The van der Waals surface area contributed by atoms with E-state index in [1.165, 1.54) is 12.0 Å². The molecular weight excluding hydrogens is 176 g/mol. The molecule has 0 radical (unpaired) electrons. The summed E-state index contributed by atoms with van der Waals surface area (Å²) >= 11 is 0. The van der Waals surface area contributed by atoms with Crippen molar-refractivity contribution in [3.8, 4) is 0 Å². The second-order valence-corrected chi connectivity index (χ2v) is 3.16. The zero-order chi connectivity index (χ0) is 9.80. The summed E-state index contributed by atoms with van der Waals surface area (Å²) < 4.78 is 4.76. The van der Waals surface area contributed by atoms with Gasteiger partial charge in [-0.25, -0.2) is 0 Å². The average molecular weight is 188 g/mol. The van der Waals surface area contributed by atoms with Crippen molar-refractivity contribution in [3.05, 3.63) is 48.1 Å². The topological polar surface area (TPSA) is 38.9 Å². The second-order valence-electron chi connectivity index (χ2n) is 3.16. The Balaban J connectivity index is 2.31. The van der Waals surface area contributed by atoms with E-state index in [1.54, 1.807) is 0 Å². The molecule has 2 aromatic rings. The quantitative estimate of drug-likeness (QED) is 0.743. The van der Waals surface area contributed by atoms with Crippen molar-refractivity contribution in [1.82, 2.24) is 10.1 Å². The number of benzene rings is 1. The molecule has 0 bridgehead atoms. The van der Waals surface area contributed by atoms with Crippen molar-refractivity contribution in [1.29, 1.82) is 0 Å². The fourth-order valence-electron chi connectivity index (χ4n) is 1.58. The standard InChI is InChI=1S/C11H12N2O/c1-2-10(11-12-8-14-13-11)9-6-4-3-5-7-9/h3-8,10H,2H2,1H3. The molecule has 72 valence electrons. The molecule has 0 spiro atoms. The van der Waals surface area contributed by atoms with Crippen molar-refractivity contribution >= 4 is 0 Å². The Morgan fingerprint density at radius 1 is 1.29 bits per heavy atom. The van der Waals surface area contributed by atoms with Crippen molar-refractivity contribution in [3.63, 3.8) is 0 Å². The molecule has 0 N–H and O–H groups in total. The molecule has 3 nitrogen and oxygen atoms in total. The predicted molar refractivity (Wildman–Crippen MR) is 52.9 cm³/mol. The highest BCUT2D eigenvalue weighted by Crippen LogP contribution is 2.24. The SMILES string of the molecule is CCC(c1ccccc1)c1ncon1. The fraction of sp³-hybridized carbons (Fsp3) is 0.273. The molecule has 0 aliphatic heterocycles. The van der Waals surface area contributed by atoms with Gasteiger partial charge < -0.3 is 4.52 Å². The Labute approximate surface area is 82.8 Å². The van der Waals surface area contributed by atoms with E-state index in [0.717, 1.165) is 12.2 Å². The van der Waals surface area contributed by atoms with E-state index >= 15 is 0 Å². The Bertz CT molecular complexity index is 369. The summed E-state index contributed by atoms with van der Waals surface area (Å²) in [6.07, 6.45) is 2.35. The fourth-order valence-corrected chi connectivity index (χ4v) is 1.58. The summed E-state index contributed by atoms with van der Waals surface area (Å²) in [4.78, 5) is 4.09. The molecule has 0 saturated heterocycles. The molecule has 0 aliphatic carbocycles. The normalized spacial score (nSPS) is 12.6. The minimum absolute atomic E-state index is 0.245. The van der Waals surface area contributed by atoms with Crippen LogP contribution in [0.1, 0.15) is 30.7 Å². The van der Waals surface area contributed by atoms with Gasteiger partial charge in [-0.2, -0.15) is 4.98 Å². The summed E-state index contributed by atoms with van der Waals surface area (Å²) in [5.41, 5.74) is 1.23. The molecule has 0 aliphatic rings. The molecular formula is C11H12N2O. The zero-order valence-electron chi connectivity index (χ0n) is 8.05. The van der Waals surface area contributed by atoms with Crippen molar-refractivity contribution in [2.75, 3.05) is 0 Å². The molecule has 0 fully saturated rings. The summed E-state index contributed by atoms with van der Waals surface area (Å²) in [6.45, 7) is 2.12. The van der Waals surface area contributed by atoms with Gasteiger partial charge in [0.05, 0.1) is 0 Å². The van der Waals surface area contributed by atoms with Gasteiger partial charge in [-0.3, -0.25) is 0 Å². The minimum Gasteiger partial charge on any atom is -0.343 e. The van der Waals surface area contributed by atoms with Gasteiger partial charge in [0.1, 0.15) is 0 Å². The third kappa shape index (κ3) is 1.66. The van der Waals surface area contributed by atoms with Gasteiger partial charge in [0.2, 0.25) is 6.39 Å². The maximum Gasteiger partial charge on any atom is 0.213 e. The maximum absolute atomic E-state index is 4.76. The first-order chi connectivity index (χ1) is 6.92. The van der Waals surface area contributed by atoms with Gasteiger partial charge in [-0.05, 0) is 12.0 Å². The van der Waals surface area contributed by atoms with Crippen LogP contribution in [0.25, 0.3) is 0 Å². The molecule has 0 saturated carbocycles. The Morgan fingerprint density at radius 3 is 2.64 bits per heavy atom. The van der Waals surface area contributed by atoms with E-state index in [-0.39, 0.29) is 5.92 Å². The van der Waals surface area contributed by atoms with E-state index in [1.807, 2.05) is 18.2 Å². The van der Waals surface area contributed by atoms with E-state index in [0.29, 0.717) is 0 Å². The van der Waals surface area contributed by atoms with Gasteiger partial charge in [0, 0.05) is 5.92 Å². The van der Waals surface area contributed by atoms with Crippen LogP contribution in [0, 0.1) is 0 Å². The van der Waals surface area contributed by atoms with E-state index in [4.69, 9.17) is 4.52 Å². The van der Waals surface area contributed by atoms with Crippen molar-refractivity contribution in [2.45, 2.75) is 19.3 Å². The summed E-state index contributed by atoms with van der Waals surface area (Å²) in [5.74, 6) is 1.01. The number of nitrogens with zero attached hydrogens (tertiary/aromatic N) is 2. The molecule has 1 aromatic heterocycles. The first-order valence-corrected chi connectivity index (χ1v) is 4.73. The van der Waals surface area contributed by atoms with Crippen LogP contribution in [0.4, 0.5) is 0 Å². The first-order valence-electron chi connectivity index (χ1n) is 4.73. The van der Waals surface area contributed by atoms with Crippen molar-refractivity contribution < 1.29 is 4.52 Å². The molecule has 0 amide bonds. The number of hydrogen-bond acceptors (Lipinski definition) is 3. The highest BCUT2D eigenvalue weighted by Gasteiger charge is 2.15. The van der Waals surface area contributed by atoms with E-state index in [2.05, 4.69) is 29.2 Å². The molecule has 1 aromatic carbocycles. The highest BCUT2D eigenvalue weighted by atomic mass is 16.5. The Hall–Kier alpha value is -1.64. The predicted octanol–water partition coefficient (Wildman–Crippen LogP) is 2.61. The van der Waals surface area contributed by atoms with Crippen LogP contribution in [0.15, 0.2) is 41.2 Å². The summed E-state index contributed by atoms with van der Waals surface area (Å²) in [6, 6.07) is 10.2. The lowest BCUT2D eigenvalue weighted by Gasteiger charge is -2.09. The van der Waals surface area contributed by atoms with Gasteiger partial charge in [0.25, 0.3) is 0 Å². The van der Waals surface area contributed by atoms with E-state index < -0.39 is 0 Å². The zero-order valence-corrected chi connectivity index (χ0v) is 8.05. The van der Waals surface area contributed by atoms with Crippen molar-refractivity contribution in [2.24, 2.45) is 0 Å². The van der Waals surface area contributed by atoms with Crippen LogP contribution in [-0.2, 0) is 0 Å². The lowest BCUT2D eigenvalue weighted by atomic mass is 9.96. The molecule has 14 heavy (non-hydrogen) atoms. The monoisotopic (exact) mass is 188 g/mol. The maximum atomic E-state index is 4.76. The van der Waals surface area contributed by atoms with Gasteiger partial charge in [0.15, 0.2) is 5.82 Å². The molecule has 1 atom stereocenters. The number of hydrogen-bond donors (Lipinski definition) is 0. The van der Waals surface area contributed by atoms with Crippen LogP contribution in [-0.4, -0.2) is 10.1 Å². The van der Waals surface area contributed by atoms with Crippen LogP contribution in [0.5, 0.6) is 0 Å². The van der Waals surface area contributed by atoms with Gasteiger partial charge in [-0.15, -0.1) is 0 Å². The van der Waals surface area contributed by atoms with Crippen LogP contribution in [0.2, 0.25) is 0 Å². The number of aromatic nitrogens is 2. The van der Waals surface area contributed by atoms with E-state index in [9.17, 15) is 0 Å². The Morgan fingerprint density at radius 2 is 2.07 bits per heavy atom. The van der Waals surface area contributed by atoms with Gasteiger partial charge >= 0.3 is 0 Å². The smallest absolute Gasteiger partial charge is 0.213 e. The van der Waals surface area contributed by atoms with Crippen LogP contribution < -0.4 is 0 Å². The van der Waals surface area contributed by atoms with Gasteiger partial charge in [-0.1, -0.05) is 42.4 Å². The summed E-state index contributed by atoms with van der Waals surface area (Å²) in [5, 5.41) is 3.88. The lowest BCUT2D eigenvalue weighted by Crippen LogP contribution is -2.01. The Kier molecular flexibility index (Phi) is 2.58. The second kappa shape index (κ2) is 4.05. The molecule has 2 rings (SSSR count).